The predicted molar refractivity (Wildman–Crippen MR) is 191 cm³/mol. The van der Waals surface area contributed by atoms with Gasteiger partial charge >= 0.3 is 11.9 Å². The number of ether oxygens (including phenoxy) is 3. The molecule has 284 valence electrons. The smallest absolute Gasteiger partial charge is 0.326 e. The van der Waals surface area contributed by atoms with E-state index in [0.717, 1.165) is 51.4 Å². The van der Waals surface area contributed by atoms with Crippen molar-refractivity contribution in [1.29, 1.82) is 0 Å². The van der Waals surface area contributed by atoms with Gasteiger partial charge in [0.2, 0.25) is 23.6 Å². The summed E-state index contributed by atoms with van der Waals surface area (Å²) in [4.78, 5) is 69.2. The minimum Gasteiger partial charge on any atom is -0.481 e. The van der Waals surface area contributed by atoms with Gasteiger partial charge in [0, 0.05) is 38.9 Å². The van der Waals surface area contributed by atoms with Gasteiger partial charge in [0.25, 0.3) is 0 Å². The van der Waals surface area contributed by atoms with E-state index >= 15 is 0 Å². The maximum atomic E-state index is 12.2. The van der Waals surface area contributed by atoms with E-state index in [1.165, 1.54) is 19.3 Å². The van der Waals surface area contributed by atoms with Crippen molar-refractivity contribution < 1.29 is 53.2 Å². The van der Waals surface area contributed by atoms with Gasteiger partial charge in [-0.2, -0.15) is 0 Å². The number of hydrogen-bond acceptors (Lipinski definition) is 9. The molecule has 49 heavy (non-hydrogen) atoms. The molecule has 0 heterocycles. The Morgan fingerprint density at radius 1 is 0.510 bits per heavy atom. The molecule has 16 heteroatoms. The Labute approximate surface area is 304 Å². The van der Waals surface area contributed by atoms with Gasteiger partial charge < -0.3 is 45.7 Å². The first-order valence-electron chi connectivity index (χ1n) is 17.5. The normalized spacial score (nSPS) is 11.4. The Morgan fingerprint density at radius 3 is 1.47 bits per heavy atom. The number of carboxylic acids is 2. The fraction of sp³-hybridized carbons (Fsp3) is 0.818. The largest absolute Gasteiger partial charge is 0.481 e. The number of rotatable bonds is 35. The van der Waals surface area contributed by atoms with Crippen molar-refractivity contribution >= 4 is 58.2 Å². The zero-order valence-electron chi connectivity index (χ0n) is 28.9. The van der Waals surface area contributed by atoms with Crippen molar-refractivity contribution in [2.75, 3.05) is 63.7 Å². The number of alkyl halides is 1. The van der Waals surface area contributed by atoms with E-state index in [2.05, 4.69) is 21.3 Å². The zero-order chi connectivity index (χ0) is 36.4. The highest BCUT2D eigenvalue weighted by atomic mass is 127. The van der Waals surface area contributed by atoms with E-state index in [-0.39, 0.29) is 82.3 Å². The van der Waals surface area contributed by atoms with Crippen LogP contribution >= 0.6 is 22.6 Å². The molecule has 0 bridgehead atoms. The number of hydrogen-bond donors (Lipinski definition) is 6. The highest BCUT2D eigenvalue weighted by molar-refractivity contribution is 14.1. The van der Waals surface area contributed by atoms with Crippen molar-refractivity contribution in [2.45, 2.75) is 109 Å². The number of nitrogens with one attached hydrogen (secondary N) is 4. The fourth-order valence-electron chi connectivity index (χ4n) is 4.59. The lowest BCUT2D eigenvalue weighted by Gasteiger charge is -2.14. The van der Waals surface area contributed by atoms with Crippen molar-refractivity contribution in [1.82, 2.24) is 21.3 Å². The van der Waals surface area contributed by atoms with Crippen LogP contribution in [0, 0.1) is 0 Å². The lowest BCUT2D eigenvalue weighted by Crippen LogP contribution is -2.41. The summed E-state index contributed by atoms with van der Waals surface area (Å²) in [6, 6.07) is -1.13. The van der Waals surface area contributed by atoms with Crippen molar-refractivity contribution in [3.05, 3.63) is 0 Å². The standard InChI is InChI=1S/C33H59IN4O11/c34-25-30(41)36-18-20-47-21-19-37-31(42)26-49-24-23-48-22-17-35-28(39)16-15-27(33(45)46)38-29(40)13-11-9-7-5-3-1-2-4-6-8-10-12-14-32(43)44/h27H,1-26H2,(H,35,39)(H,36,41)(H,37,42)(H,38,40)(H,43,44)(H,45,46)/t27-/m1/s1. The lowest BCUT2D eigenvalue weighted by atomic mass is 10.0. The quantitative estimate of drug-likeness (QED) is 0.0311. The molecule has 0 saturated heterocycles. The van der Waals surface area contributed by atoms with Gasteiger partial charge in [-0.3, -0.25) is 24.0 Å². The van der Waals surface area contributed by atoms with E-state index in [4.69, 9.17) is 19.3 Å². The van der Waals surface area contributed by atoms with Gasteiger partial charge in [-0.25, -0.2) is 4.79 Å². The van der Waals surface area contributed by atoms with Crippen LogP contribution in [0.3, 0.4) is 0 Å². The first-order valence-corrected chi connectivity index (χ1v) is 19.0. The van der Waals surface area contributed by atoms with E-state index in [9.17, 15) is 33.9 Å². The summed E-state index contributed by atoms with van der Waals surface area (Å²) >= 11 is 1.97. The molecule has 0 aromatic carbocycles. The third-order valence-electron chi connectivity index (χ3n) is 7.27. The van der Waals surface area contributed by atoms with Crippen LogP contribution in [-0.4, -0.2) is 116 Å². The topological polar surface area (TPSA) is 219 Å². The molecule has 0 aromatic heterocycles. The summed E-state index contributed by atoms with van der Waals surface area (Å²) < 4.78 is 16.3. The molecule has 0 aromatic rings. The van der Waals surface area contributed by atoms with Crippen LogP contribution in [0.1, 0.15) is 103 Å². The molecule has 15 nitrogen and oxygen atoms in total. The Hall–Kier alpha value is -2.57. The summed E-state index contributed by atoms with van der Waals surface area (Å²) in [5.41, 5.74) is 0. The molecule has 0 rings (SSSR count). The SMILES string of the molecule is O=C(O)CCCCCCCCCCCCCCC(=O)N[C@H](CCC(=O)NCCOCCOCC(=O)NCCOCCNC(=O)CI)C(=O)O. The number of carbonyl (C=O) groups is 6. The van der Waals surface area contributed by atoms with Crippen LogP contribution in [0.5, 0.6) is 0 Å². The second-order valence-electron chi connectivity index (χ2n) is 11.6. The molecule has 0 aliphatic carbocycles. The summed E-state index contributed by atoms with van der Waals surface area (Å²) in [6.07, 6.45) is 12.8. The summed E-state index contributed by atoms with van der Waals surface area (Å²) in [7, 11) is 0. The molecular formula is C33H59IN4O11. The summed E-state index contributed by atoms with van der Waals surface area (Å²) in [5, 5.41) is 28.6. The average molecular weight is 815 g/mol. The van der Waals surface area contributed by atoms with Crippen LogP contribution in [0.25, 0.3) is 0 Å². The Balaban J connectivity index is 3.69. The number of unbranched alkanes of at least 4 members (excludes halogenated alkanes) is 11. The first kappa shape index (κ1) is 46.4. The number of aliphatic carboxylic acids is 2. The highest BCUT2D eigenvalue weighted by Gasteiger charge is 2.20. The van der Waals surface area contributed by atoms with Crippen LogP contribution in [-0.2, 0) is 43.0 Å². The van der Waals surface area contributed by atoms with Gasteiger partial charge in [-0.15, -0.1) is 0 Å². The fourth-order valence-corrected chi connectivity index (χ4v) is 4.86. The molecule has 0 unspecified atom stereocenters. The number of carbonyl (C=O) groups excluding carboxylic acids is 4. The maximum Gasteiger partial charge on any atom is 0.326 e. The van der Waals surface area contributed by atoms with Gasteiger partial charge in [-0.05, 0) is 19.3 Å². The second-order valence-corrected chi connectivity index (χ2v) is 12.4. The first-order chi connectivity index (χ1) is 23.6. The van der Waals surface area contributed by atoms with Crippen LogP contribution in [0.2, 0.25) is 0 Å². The Bertz CT molecular complexity index is 927. The zero-order valence-corrected chi connectivity index (χ0v) is 31.1. The number of amides is 4. The highest BCUT2D eigenvalue weighted by Crippen LogP contribution is 2.13. The maximum absolute atomic E-state index is 12.2. The predicted octanol–water partition coefficient (Wildman–Crippen LogP) is 2.72. The molecule has 0 radical (unpaired) electrons. The van der Waals surface area contributed by atoms with E-state index in [0.29, 0.717) is 37.2 Å². The second kappa shape index (κ2) is 33.9. The average Bonchev–Trinajstić information content (AvgIpc) is 3.06. The number of carboxylic acid groups (broad SMARTS) is 2. The van der Waals surface area contributed by atoms with Crippen LogP contribution in [0.15, 0.2) is 0 Å². The van der Waals surface area contributed by atoms with Gasteiger partial charge in [0.1, 0.15) is 12.6 Å². The van der Waals surface area contributed by atoms with Gasteiger partial charge in [0.15, 0.2) is 0 Å². The van der Waals surface area contributed by atoms with Crippen LogP contribution in [0.4, 0.5) is 0 Å². The van der Waals surface area contributed by atoms with Crippen LogP contribution < -0.4 is 21.3 Å². The van der Waals surface area contributed by atoms with Gasteiger partial charge in [0.05, 0.1) is 37.5 Å². The summed E-state index contributed by atoms with van der Waals surface area (Å²) in [6.45, 7) is 2.14. The third kappa shape index (κ3) is 33.7. The number of halogens is 1. The molecule has 6 N–H and O–H groups in total. The monoisotopic (exact) mass is 814 g/mol. The lowest BCUT2D eigenvalue weighted by molar-refractivity contribution is -0.142. The van der Waals surface area contributed by atoms with E-state index in [1.807, 2.05) is 22.6 Å². The van der Waals surface area contributed by atoms with E-state index < -0.39 is 18.0 Å². The molecule has 0 fully saturated rings. The molecule has 0 aliphatic rings. The Morgan fingerprint density at radius 2 is 0.959 bits per heavy atom. The van der Waals surface area contributed by atoms with Crippen molar-refractivity contribution in [2.24, 2.45) is 0 Å². The molecule has 4 amide bonds. The molecule has 0 saturated carbocycles. The molecule has 0 aliphatic heterocycles. The molecule has 1 atom stereocenters. The van der Waals surface area contributed by atoms with Crippen molar-refractivity contribution in [3.8, 4) is 0 Å². The summed E-state index contributed by atoms with van der Waals surface area (Å²) in [5.74, 6) is -2.93. The van der Waals surface area contributed by atoms with E-state index in [1.54, 1.807) is 0 Å². The minimum absolute atomic E-state index is 0.0188. The van der Waals surface area contributed by atoms with Gasteiger partial charge in [-0.1, -0.05) is 86.8 Å². The third-order valence-corrected chi connectivity index (χ3v) is 7.96. The Kier molecular flexibility index (Phi) is 32.1. The van der Waals surface area contributed by atoms with Crippen molar-refractivity contribution in [3.63, 3.8) is 0 Å². The minimum atomic E-state index is -1.18. The molecular weight excluding hydrogens is 755 g/mol. The molecule has 0 spiro atoms.